The van der Waals surface area contributed by atoms with E-state index in [2.05, 4.69) is 4.72 Å². The van der Waals surface area contributed by atoms with E-state index in [4.69, 9.17) is 0 Å². The highest BCUT2D eigenvalue weighted by Gasteiger charge is 2.32. The van der Waals surface area contributed by atoms with Gasteiger partial charge in [-0.25, -0.2) is 16.8 Å². The molecule has 1 N–H and O–H groups in total. The quantitative estimate of drug-likeness (QED) is 0.846. The molecule has 0 aromatic heterocycles. The van der Waals surface area contributed by atoms with Gasteiger partial charge in [0.2, 0.25) is 10.0 Å². The summed E-state index contributed by atoms with van der Waals surface area (Å²) in [5.74, 6) is -0.192. The topological polar surface area (TPSA) is 101 Å². The van der Waals surface area contributed by atoms with Crippen LogP contribution in [-0.4, -0.2) is 58.5 Å². The van der Waals surface area contributed by atoms with Crippen molar-refractivity contribution in [3.05, 3.63) is 29.8 Å². The Morgan fingerprint density at radius 1 is 1.27 bits per heavy atom. The Morgan fingerprint density at radius 3 is 2.32 bits per heavy atom. The molecule has 22 heavy (non-hydrogen) atoms. The standard InChI is InChI=1S/C13H18N2O5S2/c1-15(12-7-8-22(19,20)9-12)13(16)10-3-5-11(6-4-10)14-21(2,17)18/h3-6,12,14H,7-9H2,1-2H3/t12-/m0/s1. The molecular formula is C13H18N2O5S2. The van der Waals surface area contributed by atoms with Gasteiger partial charge in [0.05, 0.1) is 17.8 Å². The molecule has 1 atom stereocenters. The molecule has 1 saturated heterocycles. The maximum atomic E-state index is 12.3. The minimum absolute atomic E-state index is 0.0110. The van der Waals surface area contributed by atoms with E-state index in [1.54, 1.807) is 7.05 Å². The summed E-state index contributed by atoms with van der Waals surface area (Å²) in [4.78, 5) is 13.8. The Balaban J connectivity index is 2.10. The van der Waals surface area contributed by atoms with E-state index in [1.165, 1.54) is 29.2 Å². The number of hydrogen-bond acceptors (Lipinski definition) is 5. The van der Waals surface area contributed by atoms with Gasteiger partial charge in [0.25, 0.3) is 5.91 Å². The van der Waals surface area contributed by atoms with Gasteiger partial charge in [0, 0.05) is 24.3 Å². The summed E-state index contributed by atoms with van der Waals surface area (Å²) in [5, 5.41) is 0. The third kappa shape index (κ3) is 4.20. The third-order valence-electron chi connectivity index (χ3n) is 3.51. The van der Waals surface area contributed by atoms with Crippen LogP contribution in [0.15, 0.2) is 24.3 Å². The Labute approximate surface area is 130 Å². The van der Waals surface area contributed by atoms with Gasteiger partial charge in [-0.05, 0) is 30.7 Å². The number of nitrogens with zero attached hydrogens (tertiary/aromatic N) is 1. The van der Waals surface area contributed by atoms with Gasteiger partial charge >= 0.3 is 0 Å². The molecule has 0 aliphatic carbocycles. The van der Waals surface area contributed by atoms with E-state index in [0.717, 1.165) is 6.26 Å². The van der Waals surface area contributed by atoms with Crippen molar-refractivity contribution in [2.45, 2.75) is 12.5 Å². The number of amides is 1. The van der Waals surface area contributed by atoms with Crippen molar-refractivity contribution in [2.24, 2.45) is 0 Å². The largest absolute Gasteiger partial charge is 0.338 e. The molecule has 1 heterocycles. The van der Waals surface area contributed by atoms with Crippen molar-refractivity contribution in [2.75, 3.05) is 29.5 Å². The van der Waals surface area contributed by atoms with Gasteiger partial charge in [-0.3, -0.25) is 9.52 Å². The molecule has 1 aromatic carbocycles. The zero-order valence-electron chi connectivity index (χ0n) is 12.3. The number of rotatable bonds is 4. The first-order valence-electron chi connectivity index (χ1n) is 6.63. The highest BCUT2D eigenvalue weighted by Crippen LogP contribution is 2.19. The van der Waals surface area contributed by atoms with E-state index in [1.807, 2.05) is 0 Å². The SMILES string of the molecule is CN(C(=O)c1ccc(NS(C)(=O)=O)cc1)[C@H]1CCS(=O)(=O)C1. The first-order chi connectivity index (χ1) is 10.1. The molecule has 9 heteroatoms. The molecule has 0 bridgehead atoms. The summed E-state index contributed by atoms with van der Waals surface area (Å²) in [7, 11) is -4.84. The third-order valence-corrected chi connectivity index (χ3v) is 5.87. The summed E-state index contributed by atoms with van der Waals surface area (Å²) in [6, 6.07) is 5.69. The van der Waals surface area contributed by atoms with Crippen molar-refractivity contribution >= 4 is 31.5 Å². The zero-order valence-corrected chi connectivity index (χ0v) is 13.9. The number of benzene rings is 1. The van der Waals surface area contributed by atoms with E-state index < -0.39 is 19.9 Å². The molecule has 1 amide bonds. The average molecular weight is 346 g/mol. The van der Waals surface area contributed by atoms with E-state index >= 15 is 0 Å². The summed E-state index contributed by atoms with van der Waals surface area (Å²) < 4.78 is 47.5. The second-order valence-electron chi connectivity index (χ2n) is 5.42. The van der Waals surface area contributed by atoms with Crippen LogP contribution >= 0.6 is 0 Å². The molecule has 7 nitrogen and oxygen atoms in total. The van der Waals surface area contributed by atoms with Crippen LogP contribution in [0.2, 0.25) is 0 Å². The predicted molar refractivity (Wildman–Crippen MR) is 84.1 cm³/mol. The summed E-state index contributed by atoms with van der Waals surface area (Å²) in [6.45, 7) is 0. The lowest BCUT2D eigenvalue weighted by Gasteiger charge is -2.23. The van der Waals surface area contributed by atoms with Gasteiger partial charge in [0.1, 0.15) is 0 Å². The Bertz CT molecular complexity index is 769. The maximum absolute atomic E-state index is 12.3. The fraction of sp³-hybridized carbons (Fsp3) is 0.462. The molecule has 122 valence electrons. The Hall–Kier alpha value is -1.61. The van der Waals surface area contributed by atoms with Crippen molar-refractivity contribution in [3.8, 4) is 0 Å². The highest BCUT2D eigenvalue weighted by molar-refractivity contribution is 7.92. The fourth-order valence-electron chi connectivity index (χ4n) is 2.35. The number of hydrogen-bond donors (Lipinski definition) is 1. The smallest absolute Gasteiger partial charge is 0.253 e. The minimum atomic E-state index is -3.36. The molecule has 0 saturated carbocycles. The first-order valence-corrected chi connectivity index (χ1v) is 10.3. The lowest BCUT2D eigenvalue weighted by Crippen LogP contribution is -2.37. The molecule has 1 aliphatic heterocycles. The average Bonchev–Trinajstić information content (AvgIpc) is 2.76. The molecular weight excluding hydrogens is 328 g/mol. The summed E-state index contributed by atoms with van der Waals surface area (Å²) >= 11 is 0. The Morgan fingerprint density at radius 2 is 1.86 bits per heavy atom. The van der Waals surface area contributed by atoms with E-state index in [-0.39, 0.29) is 23.5 Å². The summed E-state index contributed by atoms with van der Waals surface area (Å²) in [5.41, 5.74) is 0.746. The number of sulfonamides is 1. The number of carbonyl (C=O) groups is 1. The van der Waals surface area contributed by atoms with Crippen molar-refractivity contribution < 1.29 is 21.6 Å². The van der Waals surface area contributed by atoms with Gasteiger partial charge in [0.15, 0.2) is 9.84 Å². The van der Waals surface area contributed by atoms with Crippen LogP contribution in [0, 0.1) is 0 Å². The molecule has 2 rings (SSSR count). The first kappa shape index (κ1) is 16.8. The van der Waals surface area contributed by atoms with Crippen LogP contribution in [0.5, 0.6) is 0 Å². The van der Waals surface area contributed by atoms with Crippen molar-refractivity contribution in [3.63, 3.8) is 0 Å². The second-order valence-corrected chi connectivity index (χ2v) is 9.40. The van der Waals surface area contributed by atoms with Crippen LogP contribution < -0.4 is 4.72 Å². The zero-order chi connectivity index (χ0) is 16.5. The van der Waals surface area contributed by atoms with Crippen molar-refractivity contribution in [1.29, 1.82) is 0 Å². The molecule has 0 unspecified atom stereocenters. The predicted octanol–water partition coefficient (Wildman–Crippen LogP) is 0.317. The molecule has 1 aliphatic rings. The molecule has 1 aromatic rings. The monoisotopic (exact) mass is 346 g/mol. The lowest BCUT2D eigenvalue weighted by molar-refractivity contribution is 0.0747. The van der Waals surface area contributed by atoms with Gasteiger partial charge in [-0.1, -0.05) is 0 Å². The lowest BCUT2D eigenvalue weighted by atomic mass is 10.1. The number of anilines is 1. The van der Waals surface area contributed by atoms with Crippen molar-refractivity contribution in [1.82, 2.24) is 4.90 Å². The van der Waals surface area contributed by atoms with E-state index in [9.17, 15) is 21.6 Å². The van der Waals surface area contributed by atoms with Crippen LogP contribution in [0.4, 0.5) is 5.69 Å². The highest BCUT2D eigenvalue weighted by atomic mass is 32.2. The fourth-order valence-corrected chi connectivity index (χ4v) is 4.68. The molecule has 1 fully saturated rings. The van der Waals surface area contributed by atoms with Crippen LogP contribution in [0.1, 0.15) is 16.8 Å². The Kier molecular flexibility index (Phi) is 4.48. The normalized spacial score (nSPS) is 20.5. The number of nitrogens with one attached hydrogen (secondary N) is 1. The summed E-state index contributed by atoms with van der Waals surface area (Å²) in [6.07, 6.45) is 1.48. The molecule has 0 radical (unpaired) electrons. The van der Waals surface area contributed by atoms with E-state index in [0.29, 0.717) is 17.7 Å². The maximum Gasteiger partial charge on any atom is 0.253 e. The van der Waals surface area contributed by atoms with Crippen LogP contribution in [0.25, 0.3) is 0 Å². The molecule has 0 spiro atoms. The van der Waals surface area contributed by atoms with Crippen LogP contribution in [0.3, 0.4) is 0 Å². The number of sulfone groups is 1. The number of carbonyl (C=O) groups excluding carboxylic acids is 1. The second kappa shape index (κ2) is 5.88. The van der Waals surface area contributed by atoms with Gasteiger partial charge in [-0.15, -0.1) is 0 Å². The minimum Gasteiger partial charge on any atom is -0.338 e. The van der Waals surface area contributed by atoms with Gasteiger partial charge in [-0.2, -0.15) is 0 Å². The van der Waals surface area contributed by atoms with Crippen LogP contribution in [-0.2, 0) is 19.9 Å². The van der Waals surface area contributed by atoms with Gasteiger partial charge < -0.3 is 4.90 Å².